The molecule has 3 rings (SSSR count). The van der Waals surface area contributed by atoms with Gasteiger partial charge < -0.3 is 4.74 Å². The largest absolute Gasteiger partial charge is 0.461 e. The number of aromatic nitrogens is 4. The Morgan fingerprint density at radius 2 is 1.92 bits per heavy atom. The summed E-state index contributed by atoms with van der Waals surface area (Å²) in [5.74, 6) is 0.990. The molecule has 1 aromatic carbocycles. The zero-order valence-electron chi connectivity index (χ0n) is 14.0. The monoisotopic (exact) mass is 354 g/mol. The minimum absolute atomic E-state index is 0.313. The summed E-state index contributed by atoms with van der Waals surface area (Å²) >= 11 is 1.49. The number of nitrogens with zero attached hydrogens (tertiary/aromatic N) is 4. The molecule has 0 N–H and O–H groups in total. The highest BCUT2D eigenvalue weighted by molar-refractivity contribution is 7.99. The van der Waals surface area contributed by atoms with Gasteiger partial charge in [-0.1, -0.05) is 18.2 Å². The molecule has 0 saturated carbocycles. The normalized spacial score (nSPS) is 10.6. The first-order valence-electron chi connectivity index (χ1n) is 7.86. The topological polar surface area (TPSA) is 69.9 Å². The van der Waals surface area contributed by atoms with Gasteiger partial charge in [-0.2, -0.15) is 5.10 Å². The number of esters is 1. The van der Waals surface area contributed by atoms with Crippen LogP contribution in [0.1, 0.15) is 21.7 Å². The maximum absolute atomic E-state index is 11.8. The summed E-state index contributed by atoms with van der Waals surface area (Å²) in [4.78, 5) is 11.8. The summed E-state index contributed by atoms with van der Waals surface area (Å²) in [5.41, 5.74) is 2.51. The number of carbonyl (C=O) groups is 1. The van der Waals surface area contributed by atoms with E-state index in [2.05, 4.69) is 15.3 Å². The zero-order chi connectivity index (χ0) is 17.6. The Hall–Kier alpha value is -2.67. The molecule has 0 aliphatic carbocycles. The van der Waals surface area contributed by atoms with Gasteiger partial charge in [-0.15, -0.1) is 22.0 Å². The van der Waals surface area contributed by atoms with Crippen LogP contribution in [-0.2, 0) is 4.74 Å². The van der Waals surface area contributed by atoms with Crippen molar-refractivity contribution in [3.8, 4) is 5.82 Å². The van der Waals surface area contributed by atoms with Gasteiger partial charge in [-0.05, 0) is 44.2 Å². The quantitative estimate of drug-likeness (QED) is 0.384. The number of aryl methyl sites for hydroxylation is 2. The third-order valence-corrected chi connectivity index (χ3v) is 4.31. The van der Waals surface area contributed by atoms with Crippen LogP contribution in [0.4, 0.5) is 0 Å². The molecule has 0 unspecified atom stereocenters. The molecule has 0 radical (unpaired) electrons. The van der Waals surface area contributed by atoms with Gasteiger partial charge in [0, 0.05) is 11.4 Å². The van der Waals surface area contributed by atoms with Crippen molar-refractivity contribution in [2.45, 2.75) is 18.9 Å². The van der Waals surface area contributed by atoms with Crippen molar-refractivity contribution in [2.75, 3.05) is 12.4 Å². The predicted molar refractivity (Wildman–Crippen MR) is 96.1 cm³/mol. The first-order valence-corrected chi connectivity index (χ1v) is 8.84. The average Bonchev–Trinajstić information content (AvgIpc) is 2.98. The number of carbonyl (C=O) groups excluding carboxylic acids is 1. The third-order valence-electron chi connectivity index (χ3n) is 3.43. The molecule has 25 heavy (non-hydrogen) atoms. The van der Waals surface area contributed by atoms with Crippen LogP contribution in [0.25, 0.3) is 5.82 Å². The lowest BCUT2D eigenvalue weighted by molar-refractivity contribution is 0.0530. The lowest BCUT2D eigenvalue weighted by Gasteiger charge is -2.05. The Labute approximate surface area is 150 Å². The summed E-state index contributed by atoms with van der Waals surface area (Å²) in [7, 11) is 0. The Balaban J connectivity index is 1.49. The van der Waals surface area contributed by atoms with Gasteiger partial charge in [0.25, 0.3) is 0 Å². The van der Waals surface area contributed by atoms with Gasteiger partial charge in [-0.3, -0.25) is 0 Å². The van der Waals surface area contributed by atoms with E-state index in [9.17, 15) is 4.79 Å². The van der Waals surface area contributed by atoms with Crippen LogP contribution in [0.15, 0.2) is 53.6 Å². The first kappa shape index (κ1) is 17.2. The van der Waals surface area contributed by atoms with Crippen LogP contribution in [-0.4, -0.2) is 38.3 Å². The minimum atomic E-state index is -0.313. The summed E-state index contributed by atoms with van der Waals surface area (Å²) in [6.07, 6.45) is 0. The van der Waals surface area contributed by atoms with Crippen LogP contribution in [0.3, 0.4) is 0 Å². The van der Waals surface area contributed by atoms with Gasteiger partial charge >= 0.3 is 5.97 Å². The van der Waals surface area contributed by atoms with Gasteiger partial charge in [0.05, 0.1) is 11.3 Å². The van der Waals surface area contributed by atoms with Gasteiger partial charge in [0.2, 0.25) is 0 Å². The van der Waals surface area contributed by atoms with E-state index in [-0.39, 0.29) is 5.97 Å². The van der Waals surface area contributed by atoms with Crippen molar-refractivity contribution >= 4 is 17.7 Å². The van der Waals surface area contributed by atoms with Crippen molar-refractivity contribution in [3.63, 3.8) is 0 Å². The van der Waals surface area contributed by atoms with Crippen molar-refractivity contribution in [2.24, 2.45) is 0 Å². The number of ether oxygens (including phenoxy) is 1. The molecule has 6 nitrogen and oxygen atoms in total. The van der Waals surface area contributed by atoms with Crippen molar-refractivity contribution in [1.29, 1.82) is 0 Å². The highest BCUT2D eigenvalue weighted by Gasteiger charge is 2.08. The van der Waals surface area contributed by atoms with Crippen molar-refractivity contribution in [3.05, 3.63) is 65.5 Å². The molecule has 3 aromatic rings. The fourth-order valence-electron chi connectivity index (χ4n) is 2.30. The fourth-order valence-corrected chi connectivity index (χ4v) is 2.94. The van der Waals surface area contributed by atoms with Crippen LogP contribution >= 0.6 is 11.8 Å². The third kappa shape index (κ3) is 4.45. The number of hydrogen-bond donors (Lipinski definition) is 0. The van der Waals surface area contributed by atoms with E-state index >= 15 is 0 Å². The Morgan fingerprint density at radius 3 is 2.56 bits per heavy atom. The molecule has 0 amide bonds. The fraction of sp³-hybridized carbons (Fsp3) is 0.222. The molecule has 0 aliphatic rings. The predicted octanol–water partition coefficient (Wildman–Crippen LogP) is 3.23. The second kappa shape index (κ2) is 7.94. The molecule has 128 valence electrons. The SMILES string of the molecule is Cc1cc(C)n(-c2ccc(SCCOC(=O)c3ccccc3)nn2)n1. The maximum Gasteiger partial charge on any atom is 0.338 e. The number of thioether (sulfide) groups is 1. The molecule has 0 atom stereocenters. The van der Waals surface area contributed by atoms with Crippen LogP contribution in [0.5, 0.6) is 0 Å². The highest BCUT2D eigenvalue weighted by Crippen LogP contribution is 2.16. The second-order valence-corrected chi connectivity index (χ2v) is 6.53. The molecule has 0 saturated heterocycles. The molecular formula is C18H18N4O2S. The van der Waals surface area contributed by atoms with Crippen LogP contribution in [0.2, 0.25) is 0 Å². The maximum atomic E-state index is 11.8. The van der Waals surface area contributed by atoms with Gasteiger partial charge in [0.1, 0.15) is 11.6 Å². The summed E-state index contributed by atoms with van der Waals surface area (Å²) in [6, 6.07) is 14.7. The molecule has 0 spiro atoms. The van der Waals surface area contributed by atoms with Crippen LogP contribution in [0, 0.1) is 13.8 Å². The van der Waals surface area contributed by atoms with E-state index in [0.717, 1.165) is 16.4 Å². The van der Waals surface area contributed by atoms with E-state index in [1.807, 2.05) is 50.2 Å². The number of benzene rings is 1. The standard InChI is InChI=1S/C18H18N4O2S/c1-13-12-14(2)22(21-13)16-8-9-17(20-19-16)25-11-10-24-18(23)15-6-4-3-5-7-15/h3-9,12H,10-11H2,1-2H3. The van der Waals surface area contributed by atoms with E-state index in [0.29, 0.717) is 23.7 Å². The summed E-state index contributed by atoms with van der Waals surface area (Å²) < 4.78 is 7.00. The van der Waals surface area contributed by atoms with E-state index in [1.54, 1.807) is 16.8 Å². The van der Waals surface area contributed by atoms with Gasteiger partial charge in [0.15, 0.2) is 5.82 Å². The zero-order valence-corrected chi connectivity index (χ0v) is 14.9. The Bertz CT molecular complexity index is 847. The lowest BCUT2D eigenvalue weighted by Crippen LogP contribution is -2.08. The van der Waals surface area contributed by atoms with Crippen molar-refractivity contribution in [1.82, 2.24) is 20.0 Å². The second-order valence-electron chi connectivity index (χ2n) is 5.42. The molecule has 7 heteroatoms. The minimum Gasteiger partial charge on any atom is -0.461 e. The molecule has 2 aromatic heterocycles. The van der Waals surface area contributed by atoms with Gasteiger partial charge in [-0.25, -0.2) is 9.48 Å². The summed E-state index contributed by atoms with van der Waals surface area (Å²) in [6.45, 7) is 4.24. The molecule has 2 heterocycles. The van der Waals surface area contributed by atoms with Crippen LogP contribution < -0.4 is 0 Å². The number of hydrogen-bond acceptors (Lipinski definition) is 6. The molecule has 0 fully saturated rings. The highest BCUT2D eigenvalue weighted by atomic mass is 32.2. The summed E-state index contributed by atoms with van der Waals surface area (Å²) in [5, 5.41) is 13.6. The lowest BCUT2D eigenvalue weighted by atomic mass is 10.2. The molecular weight excluding hydrogens is 336 g/mol. The van der Waals surface area contributed by atoms with E-state index in [4.69, 9.17) is 4.74 Å². The average molecular weight is 354 g/mol. The Morgan fingerprint density at radius 1 is 1.12 bits per heavy atom. The Kier molecular flexibility index (Phi) is 5.45. The molecule has 0 aliphatic heterocycles. The molecule has 0 bridgehead atoms. The number of rotatable bonds is 6. The first-order chi connectivity index (χ1) is 12.1. The van der Waals surface area contributed by atoms with Crippen molar-refractivity contribution < 1.29 is 9.53 Å². The van der Waals surface area contributed by atoms with E-state index in [1.165, 1.54) is 11.8 Å². The van der Waals surface area contributed by atoms with E-state index < -0.39 is 0 Å². The smallest absolute Gasteiger partial charge is 0.338 e.